The summed E-state index contributed by atoms with van der Waals surface area (Å²) in [6, 6.07) is 4.03. The van der Waals surface area contributed by atoms with Crippen molar-refractivity contribution in [2.24, 2.45) is 0 Å². The molecular formula is C12H10ClN3S2. The Morgan fingerprint density at radius 1 is 1.39 bits per heavy atom. The molecule has 3 nitrogen and oxygen atoms in total. The molecule has 0 aliphatic heterocycles. The highest BCUT2D eigenvalue weighted by Crippen LogP contribution is 2.43. The molecule has 0 spiro atoms. The number of aromatic amines is 1. The Kier molecular flexibility index (Phi) is 2.89. The van der Waals surface area contributed by atoms with Gasteiger partial charge in [-0.3, -0.25) is 5.10 Å². The second kappa shape index (κ2) is 4.42. The van der Waals surface area contributed by atoms with Gasteiger partial charge in [0.1, 0.15) is 0 Å². The Labute approximate surface area is 117 Å². The molecule has 0 aromatic carbocycles. The van der Waals surface area contributed by atoms with Crippen molar-refractivity contribution in [3.63, 3.8) is 0 Å². The molecule has 18 heavy (non-hydrogen) atoms. The molecule has 0 saturated heterocycles. The smallest absolute Gasteiger partial charge is 0.154 e. The fourth-order valence-corrected chi connectivity index (χ4v) is 3.86. The van der Waals surface area contributed by atoms with Gasteiger partial charge in [-0.25, -0.2) is 0 Å². The first-order valence-corrected chi connectivity index (χ1v) is 7.44. The van der Waals surface area contributed by atoms with Gasteiger partial charge in [0.2, 0.25) is 0 Å². The molecule has 0 fully saturated rings. The summed E-state index contributed by atoms with van der Waals surface area (Å²) in [5, 5.41) is 11.9. The Balaban J connectivity index is 2.23. The topological polar surface area (TPSA) is 54.7 Å². The molecular weight excluding hydrogens is 286 g/mol. The zero-order valence-electron chi connectivity index (χ0n) is 9.53. The van der Waals surface area contributed by atoms with E-state index < -0.39 is 0 Å². The summed E-state index contributed by atoms with van der Waals surface area (Å²) in [5.41, 5.74) is 8.86. The van der Waals surface area contributed by atoms with E-state index in [4.69, 9.17) is 17.3 Å². The summed E-state index contributed by atoms with van der Waals surface area (Å²) in [6.45, 7) is 1.99. The molecule has 3 rings (SSSR count). The number of hydrogen-bond acceptors (Lipinski definition) is 4. The number of nitrogens with two attached hydrogens (primary N) is 1. The Hall–Kier alpha value is -1.30. The van der Waals surface area contributed by atoms with Crippen molar-refractivity contribution in [2.75, 3.05) is 5.73 Å². The van der Waals surface area contributed by atoms with Crippen LogP contribution in [0, 0.1) is 6.92 Å². The number of nitrogens with zero attached hydrogens (tertiary/aromatic N) is 1. The predicted octanol–water partition coefficient (Wildman–Crippen LogP) is 4.41. The summed E-state index contributed by atoms with van der Waals surface area (Å²) >= 11 is 9.55. The zero-order chi connectivity index (χ0) is 12.7. The number of nitrogens with one attached hydrogen (secondary N) is 1. The van der Waals surface area contributed by atoms with Gasteiger partial charge in [-0.05, 0) is 29.3 Å². The van der Waals surface area contributed by atoms with E-state index in [1.165, 1.54) is 0 Å². The van der Waals surface area contributed by atoms with E-state index in [1.807, 2.05) is 29.8 Å². The SMILES string of the molecule is Cc1csc(-c2[nH]nc(N)c2-c2cccs2)c1Cl. The highest BCUT2D eigenvalue weighted by Gasteiger charge is 2.19. The number of rotatable bonds is 2. The van der Waals surface area contributed by atoms with Crippen molar-refractivity contribution in [2.45, 2.75) is 6.92 Å². The third-order valence-corrected chi connectivity index (χ3v) is 5.29. The van der Waals surface area contributed by atoms with Crippen molar-refractivity contribution in [3.05, 3.63) is 33.5 Å². The summed E-state index contributed by atoms with van der Waals surface area (Å²) in [6.07, 6.45) is 0. The maximum Gasteiger partial charge on any atom is 0.154 e. The predicted molar refractivity (Wildman–Crippen MR) is 79.4 cm³/mol. The molecule has 6 heteroatoms. The third-order valence-electron chi connectivity index (χ3n) is 2.69. The van der Waals surface area contributed by atoms with Gasteiger partial charge in [0.25, 0.3) is 0 Å². The lowest BCUT2D eigenvalue weighted by Crippen LogP contribution is -1.86. The standard InChI is InChI=1S/C12H10ClN3S2/c1-6-5-18-11(9(6)13)10-8(12(14)16-15-10)7-3-2-4-17-7/h2-5H,1H3,(H3,14,15,16). The number of H-pyrrole nitrogens is 1. The molecule has 0 aliphatic rings. The van der Waals surface area contributed by atoms with Crippen LogP contribution in [0.4, 0.5) is 5.82 Å². The second-order valence-electron chi connectivity index (χ2n) is 3.90. The lowest BCUT2D eigenvalue weighted by atomic mass is 10.1. The van der Waals surface area contributed by atoms with E-state index in [0.717, 1.165) is 31.6 Å². The van der Waals surface area contributed by atoms with Crippen molar-refractivity contribution in [1.29, 1.82) is 0 Å². The maximum absolute atomic E-state index is 6.31. The minimum absolute atomic E-state index is 0.509. The van der Waals surface area contributed by atoms with E-state index in [0.29, 0.717) is 5.82 Å². The molecule has 3 N–H and O–H groups in total. The number of hydrogen-bond donors (Lipinski definition) is 2. The fraction of sp³-hybridized carbons (Fsp3) is 0.0833. The molecule has 0 unspecified atom stereocenters. The summed E-state index contributed by atoms with van der Waals surface area (Å²) < 4.78 is 0. The monoisotopic (exact) mass is 295 g/mol. The van der Waals surface area contributed by atoms with Crippen LogP contribution < -0.4 is 5.73 Å². The molecule has 0 bridgehead atoms. The van der Waals surface area contributed by atoms with Crippen LogP contribution >= 0.6 is 34.3 Å². The van der Waals surface area contributed by atoms with E-state index in [-0.39, 0.29) is 0 Å². The van der Waals surface area contributed by atoms with Gasteiger partial charge in [-0.2, -0.15) is 5.10 Å². The number of aryl methyl sites for hydroxylation is 1. The molecule has 3 aromatic heterocycles. The quantitative estimate of drug-likeness (QED) is 0.736. The minimum Gasteiger partial charge on any atom is -0.382 e. The number of anilines is 1. The minimum atomic E-state index is 0.509. The van der Waals surface area contributed by atoms with Crippen LogP contribution in [0.1, 0.15) is 5.56 Å². The van der Waals surface area contributed by atoms with Crippen molar-refractivity contribution in [3.8, 4) is 21.0 Å². The molecule has 0 aliphatic carbocycles. The summed E-state index contributed by atoms with van der Waals surface area (Å²) in [4.78, 5) is 2.08. The number of halogens is 1. The average Bonchev–Trinajstić information content (AvgIpc) is 3.03. The first kappa shape index (κ1) is 11.8. The van der Waals surface area contributed by atoms with Gasteiger partial charge >= 0.3 is 0 Å². The zero-order valence-corrected chi connectivity index (χ0v) is 11.9. The van der Waals surface area contributed by atoms with Gasteiger partial charge in [0.05, 0.1) is 21.2 Å². The van der Waals surface area contributed by atoms with Crippen LogP contribution in [0.15, 0.2) is 22.9 Å². The van der Waals surface area contributed by atoms with E-state index in [9.17, 15) is 0 Å². The molecule has 3 heterocycles. The van der Waals surface area contributed by atoms with Crippen molar-refractivity contribution < 1.29 is 0 Å². The molecule has 0 saturated carbocycles. The van der Waals surface area contributed by atoms with Gasteiger partial charge in [0, 0.05) is 4.88 Å². The van der Waals surface area contributed by atoms with E-state index in [1.54, 1.807) is 22.7 Å². The number of nitrogen functional groups attached to an aromatic ring is 1. The van der Waals surface area contributed by atoms with Gasteiger partial charge in [0.15, 0.2) is 5.82 Å². The highest BCUT2D eigenvalue weighted by atomic mass is 35.5. The molecule has 0 atom stereocenters. The normalized spacial score (nSPS) is 11.0. The molecule has 92 valence electrons. The summed E-state index contributed by atoms with van der Waals surface area (Å²) in [7, 11) is 0. The van der Waals surface area contributed by atoms with Crippen LogP contribution in [0.25, 0.3) is 21.0 Å². The molecule has 0 radical (unpaired) electrons. The van der Waals surface area contributed by atoms with Crippen molar-refractivity contribution in [1.82, 2.24) is 10.2 Å². The van der Waals surface area contributed by atoms with Gasteiger partial charge in [-0.15, -0.1) is 22.7 Å². The van der Waals surface area contributed by atoms with Crippen LogP contribution in [0.3, 0.4) is 0 Å². The first-order chi connectivity index (χ1) is 8.68. The Morgan fingerprint density at radius 2 is 2.22 bits per heavy atom. The second-order valence-corrected chi connectivity index (χ2v) is 6.10. The Morgan fingerprint density at radius 3 is 2.83 bits per heavy atom. The Bertz CT molecular complexity index is 682. The number of thiophene rings is 2. The lowest BCUT2D eigenvalue weighted by Gasteiger charge is -2.00. The largest absolute Gasteiger partial charge is 0.382 e. The number of aromatic nitrogens is 2. The van der Waals surface area contributed by atoms with E-state index >= 15 is 0 Å². The van der Waals surface area contributed by atoms with Crippen molar-refractivity contribution >= 4 is 40.1 Å². The van der Waals surface area contributed by atoms with Crippen LogP contribution in [0.2, 0.25) is 5.02 Å². The lowest BCUT2D eigenvalue weighted by molar-refractivity contribution is 1.11. The summed E-state index contributed by atoms with van der Waals surface area (Å²) in [5.74, 6) is 0.509. The maximum atomic E-state index is 6.31. The average molecular weight is 296 g/mol. The van der Waals surface area contributed by atoms with E-state index in [2.05, 4.69) is 10.2 Å². The molecule has 0 amide bonds. The van der Waals surface area contributed by atoms with Crippen LogP contribution in [-0.2, 0) is 0 Å². The first-order valence-electron chi connectivity index (χ1n) is 5.30. The van der Waals surface area contributed by atoms with Gasteiger partial charge in [-0.1, -0.05) is 17.7 Å². The fourth-order valence-electron chi connectivity index (χ4n) is 1.79. The van der Waals surface area contributed by atoms with Crippen LogP contribution in [0.5, 0.6) is 0 Å². The van der Waals surface area contributed by atoms with Crippen LogP contribution in [-0.4, -0.2) is 10.2 Å². The third kappa shape index (κ3) is 1.75. The molecule has 3 aromatic rings. The van der Waals surface area contributed by atoms with Gasteiger partial charge < -0.3 is 5.73 Å². The highest BCUT2D eigenvalue weighted by molar-refractivity contribution is 7.15.